The predicted octanol–water partition coefficient (Wildman–Crippen LogP) is 3.80. The molecule has 0 radical (unpaired) electrons. The van der Waals surface area contributed by atoms with Crippen LogP contribution in [0.1, 0.15) is 44.9 Å². The van der Waals surface area contributed by atoms with E-state index in [1.54, 1.807) is 0 Å². The molecule has 0 unspecified atom stereocenters. The minimum absolute atomic E-state index is 0.0319. The van der Waals surface area contributed by atoms with Crippen LogP contribution in [0.15, 0.2) is 0 Å². The van der Waals surface area contributed by atoms with Crippen LogP contribution < -0.4 is 0 Å². The molecule has 0 aromatic heterocycles. The van der Waals surface area contributed by atoms with E-state index in [4.69, 9.17) is 0 Å². The lowest BCUT2D eigenvalue weighted by molar-refractivity contribution is 0.0689. The molecule has 0 heterocycles. The summed E-state index contributed by atoms with van der Waals surface area (Å²) in [7, 11) is -1.17. The van der Waals surface area contributed by atoms with Gasteiger partial charge in [0.05, 0.1) is 14.2 Å². The monoisotopic (exact) mass is 226 g/mol. The van der Waals surface area contributed by atoms with Gasteiger partial charge in [0.1, 0.15) is 0 Å². The van der Waals surface area contributed by atoms with E-state index in [9.17, 15) is 5.11 Å². The minimum atomic E-state index is -1.17. The molecule has 1 nitrogen and oxygen atoms in total. The smallest absolute Gasteiger partial charge is 0.0600 e. The normalized spacial score (nSPS) is 28.8. The SMILES string of the molecule is C[Si](C)(C)C1([C@@H](O)C2CCCCC2)CC1. The fraction of sp³-hybridized carbons (Fsp3) is 1.00. The summed E-state index contributed by atoms with van der Waals surface area (Å²) >= 11 is 0. The molecular weight excluding hydrogens is 200 g/mol. The summed E-state index contributed by atoms with van der Waals surface area (Å²) in [5.74, 6) is 0.632. The van der Waals surface area contributed by atoms with E-state index in [0.29, 0.717) is 11.0 Å². The fourth-order valence-electron chi connectivity index (χ4n) is 3.53. The van der Waals surface area contributed by atoms with Crippen LogP contribution in [0, 0.1) is 5.92 Å². The summed E-state index contributed by atoms with van der Waals surface area (Å²) in [5, 5.41) is 11.0. The maximum Gasteiger partial charge on any atom is 0.0600 e. The molecule has 2 aliphatic carbocycles. The Morgan fingerprint density at radius 2 is 1.60 bits per heavy atom. The van der Waals surface area contributed by atoms with Crippen molar-refractivity contribution >= 4 is 8.07 Å². The van der Waals surface area contributed by atoms with Gasteiger partial charge in [-0.05, 0) is 36.6 Å². The molecule has 1 atom stereocenters. The molecule has 2 heteroatoms. The van der Waals surface area contributed by atoms with Gasteiger partial charge in [-0.25, -0.2) is 0 Å². The van der Waals surface area contributed by atoms with Crippen molar-refractivity contribution < 1.29 is 5.11 Å². The van der Waals surface area contributed by atoms with Gasteiger partial charge in [0.15, 0.2) is 0 Å². The van der Waals surface area contributed by atoms with Crippen molar-refractivity contribution in [3.8, 4) is 0 Å². The Morgan fingerprint density at radius 3 is 2.00 bits per heavy atom. The Kier molecular flexibility index (Phi) is 3.02. The van der Waals surface area contributed by atoms with Crippen molar-refractivity contribution in [2.75, 3.05) is 0 Å². The lowest BCUT2D eigenvalue weighted by Crippen LogP contribution is -2.42. The molecule has 2 aliphatic rings. The van der Waals surface area contributed by atoms with Gasteiger partial charge in [0.2, 0.25) is 0 Å². The average Bonchev–Trinajstić information content (AvgIpc) is 2.98. The number of aliphatic hydroxyl groups is 1. The molecule has 0 spiro atoms. The highest BCUT2D eigenvalue weighted by Gasteiger charge is 2.58. The van der Waals surface area contributed by atoms with Gasteiger partial charge in [0.25, 0.3) is 0 Å². The zero-order valence-electron chi connectivity index (χ0n) is 10.6. The number of aliphatic hydroxyl groups excluding tert-OH is 1. The van der Waals surface area contributed by atoms with Crippen LogP contribution in [0.2, 0.25) is 24.7 Å². The second-order valence-electron chi connectivity index (χ2n) is 6.75. The Morgan fingerprint density at radius 1 is 1.07 bits per heavy atom. The van der Waals surface area contributed by atoms with E-state index in [-0.39, 0.29) is 6.10 Å². The lowest BCUT2D eigenvalue weighted by Gasteiger charge is -2.39. The third kappa shape index (κ3) is 2.03. The molecule has 0 aromatic rings. The Hall–Kier alpha value is 0.177. The van der Waals surface area contributed by atoms with Crippen LogP contribution >= 0.6 is 0 Å². The Labute approximate surface area is 95.3 Å². The first-order valence-electron chi connectivity index (χ1n) is 6.65. The molecule has 0 aliphatic heterocycles. The van der Waals surface area contributed by atoms with Crippen molar-refractivity contribution in [1.82, 2.24) is 0 Å². The average molecular weight is 226 g/mol. The first-order chi connectivity index (χ1) is 6.97. The highest BCUT2D eigenvalue weighted by atomic mass is 28.3. The number of hydrogen-bond acceptors (Lipinski definition) is 1. The molecule has 88 valence electrons. The van der Waals surface area contributed by atoms with Crippen molar-refractivity contribution in [3.05, 3.63) is 0 Å². The first-order valence-corrected chi connectivity index (χ1v) is 10.2. The second-order valence-corrected chi connectivity index (χ2v) is 12.2. The van der Waals surface area contributed by atoms with Gasteiger partial charge < -0.3 is 5.11 Å². The number of hydrogen-bond donors (Lipinski definition) is 1. The van der Waals surface area contributed by atoms with Gasteiger partial charge in [0, 0.05) is 0 Å². The topological polar surface area (TPSA) is 20.2 Å². The van der Waals surface area contributed by atoms with Gasteiger partial charge in [-0.1, -0.05) is 38.9 Å². The van der Waals surface area contributed by atoms with Gasteiger partial charge in [-0.15, -0.1) is 0 Å². The van der Waals surface area contributed by atoms with Crippen LogP contribution in [0.3, 0.4) is 0 Å². The maximum atomic E-state index is 10.6. The van der Waals surface area contributed by atoms with Crippen LogP contribution in [0.4, 0.5) is 0 Å². The van der Waals surface area contributed by atoms with E-state index in [1.165, 1.54) is 44.9 Å². The van der Waals surface area contributed by atoms with Gasteiger partial charge in [-0.3, -0.25) is 0 Å². The zero-order valence-corrected chi connectivity index (χ0v) is 11.6. The van der Waals surface area contributed by atoms with E-state index in [2.05, 4.69) is 19.6 Å². The van der Waals surface area contributed by atoms with Crippen molar-refractivity contribution in [2.45, 2.75) is 75.7 Å². The third-order valence-electron chi connectivity index (χ3n) is 4.94. The second kappa shape index (κ2) is 3.88. The van der Waals surface area contributed by atoms with E-state index in [1.807, 2.05) is 0 Å². The number of rotatable bonds is 3. The third-order valence-corrected chi connectivity index (χ3v) is 8.73. The molecule has 2 saturated carbocycles. The summed E-state index contributed by atoms with van der Waals surface area (Å²) in [6.45, 7) is 7.31. The first kappa shape index (κ1) is 11.7. The molecule has 15 heavy (non-hydrogen) atoms. The molecule has 0 saturated heterocycles. The van der Waals surface area contributed by atoms with Crippen molar-refractivity contribution in [2.24, 2.45) is 5.92 Å². The van der Waals surface area contributed by atoms with E-state index >= 15 is 0 Å². The predicted molar refractivity (Wildman–Crippen MR) is 67.9 cm³/mol. The summed E-state index contributed by atoms with van der Waals surface area (Å²) in [5.41, 5.74) is 0. The van der Waals surface area contributed by atoms with E-state index < -0.39 is 8.07 Å². The molecular formula is C13H26OSi. The van der Waals surface area contributed by atoms with Crippen LogP contribution in [-0.4, -0.2) is 19.3 Å². The molecule has 1 N–H and O–H groups in total. The molecule has 0 aromatic carbocycles. The molecule has 0 bridgehead atoms. The Bertz CT molecular complexity index is 221. The zero-order chi connectivity index (χ0) is 11.1. The maximum absolute atomic E-state index is 10.6. The molecule has 2 fully saturated rings. The van der Waals surface area contributed by atoms with Gasteiger partial charge in [-0.2, -0.15) is 0 Å². The summed E-state index contributed by atoms with van der Waals surface area (Å²) in [6, 6.07) is 0. The van der Waals surface area contributed by atoms with Crippen LogP contribution in [0.25, 0.3) is 0 Å². The van der Waals surface area contributed by atoms with E-state index in [0.717, 1.165) is 0 Å². The van der Waals surface area contributed by atoms with Crippen LogP contribution in [-0.2, 0) is 0 Å². The lowest BCUT2D eigenvalue weighted by atomic mass is 9.83. The summed E-state index contributed by atoms with van der Waals surface area (Å²) in [6.07, 6.45) is 9.31. The largest absolute Gasteiger partial charge is 0.393 e. The van der Waals surface area contributed by atoms with Crippen molar-refractivity contribution in [1.29, 1.82) is 0 Å². The summed E-state index contributed by atoms with van der Waals surface area (Å²) in [4.78, 5) is 0. The fourth-order valence-corrected chi connectivity index (χ4v) is 6.27. The Balaban J connectivity index is 2.03. The highest BCUT2D eigenvalue weighted by Crippen LogP contribution is 2.65. The highest BCUT2D eigenvalue weighted by molar-refractivity contribution is 6.80. The quantitative estimate of drug-likeness (QED) is 0.726. The molecule has 0 amide bonds. The van der Waals surface area contributed by atoms with Gasteiger partial charge >= 0.3 is 0 Å². The summed E-state index contributed by atoms with van der Waals surface area (Å²) < 4.78 is 0. The minimum Gasteiger partial charge on any atom is -0.393 e. The molecule has 2 rings (SSSR count). The van der Waals surface area contributed by atoms with Crippen molar-refractivity contribution in [3.63, 3.8) is 0 Å². The van der Waals surface area contributed by atoms with Crippen LogP contribution in [0.5, 0.6) is 0 Å². The standard InChI is InChI=1S/C13H26OSi/c1-15(2,3)13(9-10-13)12(14)11-7-5-4-6-8-11/h11-12,14H,4-10H2,1-3H3/t12-/m0/s1.